The predicted molar refractivity (Wildman–Crippen MR) is 111 cm³/mol. The van der Waals surface area contributed by atoms with Gasteiger partial charge >= 0.3 is 0 Å². The quantitative estimate of drug-likeness (QED) is 0.552. The van der Waals surface area contributed by atoms with Crippen molar-refractivity contribution >= 4 is 46.5 Å². The molecule has 1 aromatic heterocycles. The van der Waals surface area contributed by atoms with Crippen LogP contribution in [0, 0.1) is 0 Å². The van der Waals surface area contributed by atoms with E-state index in [1.165, 1.54) is 7.11 Å². The molecule has 0 saturated heterocycles. The molecule has 3 aromatic carbocycles. The van der Waals surface area contributed by atoms with Gasteiger partial charge in [0, 0.05) is 11.3 Å². The maximum absolute atomic E-state index is 12.6. The predicted octanol–water partition coefficient (Wildman–Crippen LogP) is 4.02. The molecule has 1 N–H and O–H groups in total. The van der Waals surface area contributed by atoms with Crippen molar-refractivity contribution in [1.29, 1.82) is 0 Å². The number of carbonyl (C=O) groups is 1. The number of methoxy groups -OCH3 is 1. The number of benzene rings is 3. The number of nitrogens with zero attached hydrogens (tertiary/aromatic N) is 1. The summed E-state index contributed by atoms with van der Waals surface area (Å²) in [6.45, 7) is 0. The van der Waals surface area contributed by atoms with Crippen molar-refractivity contribution < 1.29 is 9.53 Å². The van der Waals surface area contributed by atoms with E-state index >= 15 is 0 Å². The van der Waals surface area contributed by atoms with Gasteiger partial charge in [0.25, 0.3) is 5.91 Å². The highest BCUT2D eigenvalue weighted by Gasteiger charge is 2.13. The Kier molecular flexibility index (Phi) is 4.65. The van der Waals surface area contributed by atoms with Crippen molar-refractivity contribution in [2.75, 3.05) is 12.4 Å². The van der Waals surface area contributed by atoms with Gasteiger partial charge in [-0.25, -0.2) is 4.98 Å². The lowest BCUT2D eigenvalue weighted by Crippen LogP contribution is -2.16. The topological polar surface area (TPSA) is 51.2 Å². The first-order valence-corrected chi connectivity index (χ1v) is 9.16. The Balaban J connectivity index is 1.56. The second-order valence-corrected chi connectivity index (χ2v) is 7.01. The lowest BCUT2D eigenvalue weighted by atomic mass is 9.94. The van der Waals surface area contributed by atoms with E-state index in [-0.39, 0.29) is 5.91 Å². The van der Waals surface area contributed by atoms with Gasteiger partial charge in [0.2, 0.25) is 0 Å². The number of fused-ring (bicyclic) bond motifs is 1. The standard InChI is InChI=1S/C21H15BN2O2S/c1-26-18-11-8-14(22)12-16(18)20(25)23-15-9-6-13(7-10-15)21-24-17-4-2-3-5-19(17)27-21/h2-12H,1H3,(H,23,25). The third-order valence-corrected chi connectivity index (χ3v) is 5.24. The third kappa shape index (κ3) is 3.57. The molecule has 0 atom stereocenters. The number of para-hydroxylation sites is 1. The van der Waals surface area contributed by atoms with Gasteiger partial charge in [-0.05, 0) is 42.5 Å². The highest BCUT2D eigenvalue weighted by atomic mass is 32.1. The Labute approximate surface area is 162 Å². The van der Waals surface area contributed by atoms with E-state index in [4.69, 9.17) is 12.6 Å². The molecule has 0 saturated carbocycles. The van der Waals surface area contributed by atoms with Crippen LogP contribution in [-0.2, 0) is 0 Å². The highest BCUT2D eigenvalue weighted by Crippen LogP contribution is 2.30. The number of ether oxygens (including phenoxy) is 1. The highest BCUT2D eigenvalue weighted by molar-refractivity contribution is 7.21. The first-order chi connectivity index (χ1) is 13.1. The summed E-state index contributed by atoms with van der Waals surface area (Å²) in [6.07, 6.45) is 0. The number of hydrogen-bond donors (Lipinski definition) is 1. The van der Waals surface area contributed by atoms with Gasteiger partial charge < -0.3 is 10.1 Å². The molecule has 0 spiro atoms. The minimum absolute atomic E-state index is 0.271. The van der Waals surface area contributed by atoms with Gasteiger partial charge in [-0.1, -0.05) is 29.7 Å². The zero-order valence-corrected chi connectivity index (χ0v) is 15.4. The van der Waals surface area contributed by atoms with E-state index in [9.17, 15) is 4.79 Å². The maximum Gasteiger partial charge on any atom is 0.259 e. The van der Waals surface area contributed by atoms with Crippen molar-refractivity contribution in [3.8, 4) is 16.3 Å². The summed E-state index contributed by atoms with van der Waals surface area (Å²) < 4.78 is 6.39. The van der Waals surface area contributed by atoms with E-state index in [0.29, 0.717) is 22.5 Å². The summed E-state index contributed by atoms with van der Waals surface area (Å²) in [4.78, 5) is 17.2. The Morgan fingerprint density at radius 2 is 1.85 bits per heavy atom. The van der Waals surface area contributed by atoms with Crippen LogP contribution >= 0.6 is 11.3 Å². The summed E-state index contributed by atoms with van der Waals surface area (Å²) in [7, 11) is 7.31. The lowest BCUT2D eigenvalue weighted by molar-refractivity contribution is 0.102. The molecule has 0 unspecified atom stereocenters. The normalized spacial score (nSPS) is 10.7. The number of aromatic nitrogens is 1. The van der Waals surface area contributed by atoms with Crippen LogP contribution < -0.4 is 15.5 Å². The number of anilines is 1. The molecule has 0 aliphatic rings. The molecular formula is C21H15BN2O2S. The third-order valence-electron chi connectivity index (χ3n) is 4.15. The van der Waals surface area contributed by atoms with Crippen LogP contribution in [0.25, 0.3) is 20.8 Å². The van der Waals surface area contributed by atoms with Crippen molar-refractivity contribution in [2.24, 2.45) is 0 Å². The minimum Gasteiger partial charge on any atom is -0.496 e. The van der Waals surface area contributed by atoms with Crippen molar-refractivity contribution in [1.82, 2.24) is 4.98 Å². The molecule has 2 radical (unpaired) electrons. The van der Waals surface area contributed by atoms with Crippen molar-refractivity contribution in [2.45, 2.75) is 0 Å². The van der Waals surface area contributed by atoms with Gasteiger partial charge in [-0.2, -0.15) is 0 Å². The summed E-state index contributed by atoms with van der Waals surface area (Å²) in [5.41, 5.74) is 3.59. The van der Waals surface area contributed by atoms with Crippen molar-refractivity contribution in [3.63, 3.8) is 0 Å². The zero-order valence-electron chi connectivity index (χ0n) is 14.6. The largest absolute Gasteiger partial charge is 0.496 e. The summed E-state index contributed by atoms with van der Waals surface area (Å²) >= 11 is 1.64. The van der Waals surface area contributed by atoms with E-state index in [2.05, 4.69) is 16.4 Å². The molecule has 4 rings (SSSR count). The molecule has 130 valence electrons. The fourth-order valence-corrected chi connectivity index (χ4v) is 3.76. The van der Waals surface area contributed by atoms with Crippen LogP contribution in [0.3, 0.4) is 0 Å². The average Bonchev–Trinajstić information content (AvgIpc) is 3.12. The first kappa shape index (κ1) is 17.3. The Bertz CT molecular complexity index is 1090. The number of carbonyl (C=O) groups excluding carboxylic acids is 1. The zero-order chi connectivity index (χ0) is 18.8. The van der Waals surface area contributed by atoms with Gasteiger partial charge in [0.15, 0.2) is 0 Å². The summed E-state index contributed by atoms with van der Waals surface area (Å²) in [5.74, 6) is 0.208. The fourth-order valence-electron chi connectivity index (χ4n) is 2.79. The summed E-state index contributed by atoms with van der Waals surface area (Å²) in [5, 5.41) is 3.82. The van der Waals surface area contributed by atoms with E-state index in [0.717, 1.165) is 20.8 Å². The number of nitrogens with one attached hydrogen (secondary N) is 1. The minimum atomic E-state index is -0.271. The van der Waals surface area contributed by atoms with Gasteiger partial charge in [0.1, 0.15) is 18.6 Å². The molecule has 27 heavy (non-hydrogen) atoms. The van der Waals surface area contributed by atoms with Gasteiger partial charge in [-0.15, -0.1) is 11.3 Å². The lowest BCUT2D eigenvalue weighted by Gasteiger charge is -2.10. The van der Waals surface area contributed by atoms with Gasteiger partial charge in [-0.3, -0.25) is 4.79 Å². The first-order valence-electron chi connectivity index (χ1n) is 8.35. The van der Waals surface area contributed by atoms with Crippen LogP contribution in [0.4, 0.5) is 5.69 Å². The van der Waals surface area contributed by atoms with Crippen LogP contribution in [0.5, 0.6) is 5.75 Å². The Hall–Kier alpha value is -3.12. The number of rotatable bonds is 4. The molecule has 0 fully saturated rings. The molecule has 0 aliphatic carbocycles. The molecule has 0 aliphatic heterocycles. The Morgan fingerprint density at radius 1 is 1.07 bits per heavy atom. The maximum atomic E-state index is 12.6. The van der Waals surface area contributed by atoms with E-state index in [1.807, 2.05) is 42.5 Å². The van der Waals surface area contributed by atoms with Crippen LogP contribution in [-0.4, -0.2) is 25.8 Å². The van der Waals surface area contributed by atoms with E-state index in [1.54, 1.807) is 29.5 Å². The SMILES string of the molecule is [B]c1ccc(OC)c(C(=O)Nc2ccc(-c3nc4ccccc4s3)cc2)c1. The number of hydrogen-bond acceptors (Lipinski definition) is 4. The second-order valence-electron chi connectivity index (χ2n) is 5.98. The van der Waals surface area contributed by atoms with Crippen molar-refractivity contribution in [3.05, 3.63) is 72.3 Å². The fraction of sp³-hybridized carbons (Fsp3) is 0.0476. The molecule has 4 aromatic rings. The van der Waals surface area contributed by atoms with Crippen LogP contribution in [0.2, 0.25) is 0 Å². The van der Waals surface area contributed by atoms with Crippen LogP contribution in [0.15, 0.2) is 66.7 Å². The average molecular weight is 370 g/mol. The second kappa shape index (κ2) is 7.25. The molecule has 1 amide bonds. The van der Waals surface area contributed by atoms with Crippen LogP contribution in [0.1, 0.15) is 10.4 Å². The summed E-state index contributed by atoms with van der Waals surface area (Å²) in [6, 6.07) is 20.6. The molecule has 1 heterocycles. The molecule has 4 nitrogen and oxygen atoms in total. The monoisotopic (exact) mass is 370 g/mol. The number of thiazole rings is 1. The smallest absolute Gasteiger partial charge is 0.259 e. The molecule has 0 bridgehead atoms. The molecule has 6 heteroatoms. The van der Waals surface area contributed by atoms with Gasteiger partial charge in [0.05, 0.1) is 22.9 Å². The van der Waals surface area contributed by atoms with E-state index < -0.39 is 0 Å². The molecular weight excluding hydrogens is 355 g/mol. The Morgan fingerprint density at radius 3 is 2.59 bits per heavy atom. The number of amides is 1.